The predicted molar refractivity (Wildman–Crippen MR) is 118 cm³/mol. The topological polar surface area (TPSA) is 81.1 Å². The molecule has 2 aromatic heterocycles. The molecule has 0 aliphatic heterocycles. The third-order valence-electron chi connectivity index (χ3n) is 4.96. The molecule has 4 aromatic rings. The molecule has 0 aliphatic carbocycles. The van der Waals surface area contributed by atoms with E-state index in [0.717, 1.165) is 34.4 Å². The Bertz CT molecular complexity index is 1290. The lowest BCUT2D eigenvalue weighted by molar-refractivity contribution is -0.137. The van der Waals surface area contributed by atoms with E-state index in [0.29, 0.717) is 31.1 Å². The molecule has 2 N–H and O–H groups in total. The van der Waals surface area contributed by atoms with Crippen LogP contribution in [0.2, 0.25) is 0 Å². The van der Waals surface area contributed by atoms with Crippen molar-refractivity contribution in [3.63, 3.8) is 0 Å². The maximum Gasteiger partial charge on any atom is 0.416 e. The molecule has 10 heteroatoms. The Morgan fingerprint density at radius 1 is 1.12 bits per heavy atom. The summed E-state index contributed by atoms with van der Waals surface area (Å²) in [5.74, 6) is 1.13. The minimum Gasteiger partial charge on any atom is -0.457 e. The standard InChI is InChI=1S/C23H20F3N5O2/c1-15-11-17(5-6-20(15)33-18-4-2-3-16(12-18)23(24,25)26)30-22-21-19(28-13-29-22)7-9-31(21)10-8-27-14-32/h2-7,9,11-14H,8,10H2,1H3,(H,27,32)(H,28,29,30). The highest BCUT2D eigenvalue weighted by Gasteiger charge is 2.30. The number of nitrogens with zero attached hydrogens (tertiary/aromatic N) is 3. The summed E-state index contributed by atoms with van der Waals surface area (Å²) >= 11 is 0. The van der Waals surface area contributed by atoms with E-state index in [9.17, 15) is 18.0 Å². The molecule has 1 amide bonds. The number of carbonyl (C=O) groups is 1. The molecule has 170 valence electrons. The zero-order valence-corrected chi connectivity index (χ0v) is 17.6. The summed E-state index contributed by atoms with van der Waals surface area (Å²) in [6.07, 6.45) is -0.468. The van der Waals surface area contributed by atoms with Gasteiger partial charge < -0.3 is 19.9 Å². The van der Waals surface area contributed by atoms with E-state index in [4.69, 9.17) is 4.74 Å². The van der Waals surface area contributed by atoms with Crippen LogP contribution in [0, 0.1) is 6.92 Å². The number of ether oxygens (including phenoxy) is 1. The number of nitrogens with one attached hydrogen (secondary N) is 2. The predicted octanol–water partition coefficient (Wildman–Crippen LogP) is 5.04. The molecule has 2 aromatic carbocycles. The van der Waals surface area contributed by atoms with Crippen molar-refractivity contribution < 1.29 is 22.7 Å². The number of benzene rings is 2. The molecular formula is C23H20F3N5O2. The molecule has 0 fully saturated rings. The van der Waals surface area contributed by atoms with Crippen molar-refractivity contribution >= 4 is 28.9 Å². The quantitative estimate of drug-likeness (QED) is 0.287. The van der Waals surface area contributed by atoms with Crippen LogP contribution in [-0.2, 0) is 17.5 Å². The number of fused-ring (bicyclic) bond motifs is 1. The Hall–Kier alpha value is -4.08. The van der Waals surface area contributed by atoms with E-state index in [-0.39, 0.29) is 5.75 Å². The van der Waals surface area contributed by atoms with Crippen LogP contribution >= 0.6 is 0 Å². The van der Waals surface area contributed by atoms with Gasteiger partial charge in [-0.2, -0.15) is 13.2 Å². The van der Waals surface area contributed by atoms with Gasteiger partial charge in [0, 0.05) is 25.0 Å². The average molecular weight is 455 g/mol. The van der Waals surface area contributed by atoms with Gasteiger partial charge in [-0.1, -0.05) is 6.07 Å². The van der Waals surface area contributed by atoms with Crippen molar-refractivity contribution in [2.45, 2.75) is 19.6 Å². The third-order valence-corrected chi connectivity index (χ3v) is 4.96. The average Bonchev–Trinajstić information content (AvgIpc) is 3.20. The largest absolute Gasteiger partial charge is 0.457 e. The zero-order valence-electron chi connectivity index (χ0n) is 17.6. The Balaban J connectivity index is 1.55. The number of aromatic nitrogens is 3. The summed E-state index contributed by atoms with van der Waals surface area (Å²) in [7, 11) is 0. The number of aryl methyl sites for hydroxylation is 1. The molecule has 4 rings (SSSR count). The Kier molecular flexibility index (Phi) is 6.16. The molecule has 0 saturated carbocycles. The molecule has 0 spiro atoms. The number of hydrogen-bond donors (Lipinski definition) is 2. The van der Waals surface area contributed by atoms with Crippen LogP contribution in [0.4, 0.5) is 24.7 Å². The molecule has 7 nitrogen and oxygen atoms in total. The molecular weight excluding hydrogens is 435 g/mol. The Morgan fingerprint density at radius 3 is 2.73 bits per heavy atom. The van der Waals surface area contributed by atoms with Crippen LogP contribution < -0.4 is 15.4 Å². The van der Waals surface area contributed by atoms with Crippen LogP contribution in [-0.4, -0.2) is 27.5 Å². The smallest absolute Gasteiger partial charge is 0.416 e. The molecule has 0 unspecified atom stereocenters. The highest BCUT2D eigenvalue weighted by atomic mass is 19.4. The number of hydrogen-bond acceptors (Lipinski definition) is 5. The first-order chi connectivity index (χ1) is 15.8. The fourth-order valence-corrected chi connectivity index (χ4v) is 3.40. The maximum atomic E-state index is 13.0. The van der Waals surface area contributed by atoms with Gasteiger partial charge in [-0.25, -0.2) is 9.97 Å². The number of amides is 1. The number of rotatable bonds is 8. The highest BCUT2D eigenvalue weighted by Crippen LogP contribution is 2.34. The van der Waals surface area contributed by atoms with Gasteiger partial charge in [0.1, 0.15) is 23.3 Å². The SMILES string of the molecule is Cc1cc(Nc2ncnc3ccn(CCNC=O)c23)ccc1Oc1cccc(C(F)(F)F)c1. The second-order valence-electron chi connectivity index (χ2n) is 7.27. The number of carbonyl (C=O) groups excluding carboxylic acids is 1. The van der Waals surface area contributed by atoms with Gasteiger partial charge in [-0.05, 0) is 55.0 Å². The van der Waals surface area contributed by atoms with E-state index in [1.807, 2.05) is 22.9 Å². The summed E-state index contributed by atoms with van der Waals surface area (Å²) in [4.78, 5) is 19.1. The Labute approximate surface area is 187 Å². The number of anilines is 2. The van der Waals surface area contributed by atoms with Gasteiger partial charge in [-0.15, -0.1) is 0 Å². The summed E-state index contributed by atoms with van der Waals surface area (Å²) in [6, 6.07) is 11.9. The molecule has 0 radical (unpaired) electrons. The van der Waals surface area contributed by atoms with Crippen LogP contribution in [0.15, 0.2) is 61.1 Å². The van der Waals surface area contributed by atoms with E-state index in [1.165, 1.54) is 18.5 Å². The van der Waals surface area contributed by atoms with E-state index in [1.54, 1.807) is 19.1 Å². The fraction of sp³-hybridized carbons (Fsp3) is 0.174. The molecule has 0 saturated heterocycles. The second-order valence-corrected chi connectivity index (χ2v) is 7.27. The van der Waals surface area contributed by atoms with E-state index < -0.39 is 11.7 Å². The zero-order chi connectivity index (χ0) is 23.4. The first-order valence-corrected chi connectivity index (χ1v) is 10.0. The lowest BCUT2D eigenvalue weighted by Crippen LogP contribution is -2.17. The van der Waals surface area contributed by atoms with E-state index in [2.05, 4.69) is 20.6 Å². The van der Waals surface area contributed by atoms with Crippen molar-refractivity contribution in [1.29, 1.82) is 0 Å². The number of halogens is 3. The minimum atomic E-state index is -4.44. The van der Waals surface area contributed by atoms with E-state index >= 15 is 0 Å². The maximum absolute atomic E-state index is 13.0. The van der Waals surface area contributed by atoms with Gasteiger partial charge in [0.15, 0.2) is 5.82 Å². The summed E-state index contributed by atoms with van der Waals surface area (Å²) in [5, 5.41) is 5.89. The van der Waals surface area contributed by atoms with Gasteiger partial charge >= 0.3 is 6.18 Å². The lowest BCUT2D eigenvalue weighted by atomic mass is 10.2. The van der Waals surface area contributed by atoms with Crippen molar-refractivity contribution in [2.75, 3.05) is 11.9 Å². The lowest BCUT2D eigenvalue weighted by Gasteiger charge is -2.14. The van der Waals surface area contributed by atoms with Crippen molar-refractivity contribution in [3.8, 4) is 11.5 Å². The van der Waals surface area contributed by atoms with Gasteiger partial charge in [0.2, 0.25) is 6.41 Å². The van der Waals surface area contributed by atoms with Crippen LogP contribution in [0.1, 0.15) is 11.1 Å². The molecule has 0 aliphatic rings. The highest BCUT2D eigenvalue weighted by molar-refractivity contribution is 5.88. The summed E-state index contributed by atoms with van der Waals surface area (Å²) in [6.45, 7) is 2.81. The molecule has 2 heterocycles. The fourth-order valence-electron chi connectivity index (χ4n) is 3.40. The molecule has 33 heavy (non-hydrogen) atoms. The first kappa shape index (κ1) is 22.1. The van der Waals surface area contributed by atoms with Gasteiger partial charge in [0.25, 0.3) is 0 Å². The summed E-state index contributed by atoms with van der Waals surface area (Å²) < 4.78 is 46.5. The van der Waals surface area contributed by atoms with Crippen LogP contribution in [0.5, 0.6) is 11.5 Å². The Morgan fingerprint density at radius 2 is 1.97 bits per heavy atom. The van der Waals surface area contributed by atoms with Gasteiger partial charge in [-0.3, -0.25) is 4.79 Å². The first-order valence-electron chi connectivity index (χ1n) is 10.0. The van der Waals surface area contributed by atoms with Gasteiger partial charge in [0.05, 0.1) is 11.1 Å². The third kappa shape index (κ3) is 5.05. The summed E-state index contributed by atoms with van der Waals surface area (Å²) in [5.41, 5.74) is 2.22. The molecule has 0 bridgehead atoms. The normalized spacial score (nSPS) is 11.4. The van der Waals surface area contributed by atoms with Crippen LogP contribution in [0.25, 0.3) is 11.0 Å². The van der Waals surface area contributed by atoms with Crippen molar-refractivity contribution in [1.82, 2.24) is 19.9 Å². The second kappa shape index (κ2) is 9.19. The number of alkyl halides is 3. The monoisotopic (exact) mass is 455 g/mol. The van der Waals surface area contributed by atoms with Crippen molar-refractivity contribution in [3.05, 3.63) is 72.2 Å². The minimum absolute atomic E-state index is 0.105. The van der Waals surface area contributed by atoms with Crippen molar-refractivity contribution in [2.24, 2.45) is 0 Å². The van der Waals surface area contributed by atoms with Crippen LogP contribution in [0.3, 0.4) is 0 Å². The molecule has 0 atom stereocenters.